The molecular formula is C20H23FN2O3S2. The molecule has 2 aliphatic rings. The van der Waals surface area contributed by atoms with E-state index in [4.69, 9.17) is 0 Å². The number of halogens is 1. The fraction of sp³-hybridized carbons (Fsp3) is 0.450. The fourth-order valence-corrected chi connectivity index (χ4v) is 6.51. The number of aryl methyl sites for hydroxylation is 1. The molecule has 4 rings (SSSR count). The van der Waals surface area contributed by atoms with Gasteiger partial charge in [0.15, 0.2) is 0 Å². The third kappa shape index (κ3) is 3.73. The molecule has 1 aromatic carbocycles. The number of hydrogen-bond acceptors (Lipinski definition) is 4. The topological polar surface area (TPSA) is 57.7 Å². The first-order valence-corrected chi connectivity index (χ1v) is 11.8. The van der Waals surface area contributed by atoms with Crippen molar-refractivity contribution in [1.82, 2.24) is 9.21 Å². The lowest BCUT2D eigenvalue weighted by molar-refractivity contribution is 0.0702. The van der Waals surface area contributed by atoms with Gasteiger partial charge in [-0.15, -0.1) is 11.3 Å². The summed E-state index contributed by atoms with van der Waals surface area (Å²) in [5.74, 6) is 0.0577. The normalized spacial score (nSPS) is 20.8. The van der Waals surface area contributed by atoms with Crippen molar-refractivity contribution in [3.63, 3.8) is 0 Å². The molecule has 2 aromatic rings. The van der Waals surface area contributed by atoms with Crippen molar-refractivity contribution in [2.24, 2.45) is 5.92 Å². The molecule has 1 atom stereocenters. The van der Waals surface area contributed by atoms with Crippen LogP contribution >= 0.6 is 11.3 Å². The molecule has 150 valence electrons. The molecule has 1 saturated heterocycles. The van der Waals surface area contributed by atoms with Crippen molar-refractivity contribution in [2.45, 2.75) is 31.1 Å². The molecule has 1 aromatic heterocycles. The zero-order valence-corrected chi connectivity index (χ0v) is 17.4. The van der Waals surface area contributed by atoms with E-state index in [9.17, 15) is 17.6 Å². The third-order valence-corrected chi connectivity index (χ3v) is 8.62. The molecule has 0 bridgehead atoms. The van der Waals surface area contributed by atoms with Gasteiger partial charge in [-0.05, 0) is 55.0 Å². The predicted molar refractivity (Wildman–Crippen MR) is 107 cm³/mol. The highest BCUT2D eigenvalue weighted by molar-refractivity contribution is 7.89. The van der Waals surface area contributed by atoms with Crippen LogP contribution in [0.25, 0.3) is 0 Å². The smallest absolute Gasteiger partial charge is 0.264 e. The molecule has 0 spiro atoms. The van der Waals surface area contributed by atoms with Crippen molar-refractivity contribution >= 4 is 27.3 Å². The number of piperazine rings is 1. The van der Waals surface area contributed by atoms with Crippen molar-refractivity contribution in [1.29, 1.82) is 0 Å². The molecule has 1 fully saturated rings. The van der Waals surface area contributed by atoms with Crippen molar-refractivity contribution < 1.29 is 17.6 Å². The molecule has 0 saturated carbocycles. The summed E-state index contributed by atoms with van der Waals surface area (Å²) < 4.78 is 40.1. The quantitative estimate of drug-likeness (QED) is 0.764. The highest BCUT2D eigenvalue weighted by Crippen LogP contribution is 2.33. The summed E-state index contributed by atoms with van der Waals surface area (Å²) in [6, 6.07) is 7.06. The molecule has 0 radical (unpaired) electrons. The predicted octanol–water partition coefficient (Wildman–Crippen LogP) is 3.16. The summed E-state index contributed by atoms with van der Waals surface area (Å²) in [5.41, 5.74) is 1.29. The molecule has 28 heavy (non-hydrogen) atoms. The van der Waals surface area contributed by atoms with Gasteiger partial charge in [0.25, 0.3) is 5.91 Å². The number of carbonyl (C=O) groups is 1. The maximum absolute atomic E-state index is 13.4. The second-order valence-electron chi connectivity index (χ2n) is 7.56. The number of hydrogen-bond donors (Lipinski definition) is 0. The Hall–Kier alpha value is -1.77. The maximum atomic E-state index is 13.4. The van der Waals surface area contributed by atoms with E-state index in [0.717, 1.165) is 30.2 Å². The van der Waals surface area contributed by atoms with Crippen LogP contribution in [0.3, 0.4) is 0 Å². The third-order valence-electron chi connectivity index (χ3n) is 5.50. The van der Waals surface area contributed by atoms with E-state index in [1.165, 1.54) is 32.9 Å². The van der Waals surface area contributed by atoms with Crippen LogP contribution in [0.2, 0.25) is 0 Å². The van der Waals surface area contributed by atoms with E-state index < -0.39 is 15.8 Å². The average Bonchev–Trinajstić information content (AvgIpc) is 3.10. The van der Waals surface area contributed by atoms with Gasteiger partial charge in [0.2, 0.25) is 10.0 Å². The minimum Gasteiger partial charge on any atom is -0.335 e. The lowest BCUT2D eigenvalue weighted by Crippen LogP contribution is -2.50. The van der Waals surface area contributed by atoms with E-state index in [0.29, 0.717) is 19.0 Å². The SMILES string of the molecule is C[C@@H]1CCc2sc(C(=O)N3CCN(S(=O)(=O)c4cccc(F)c4)CC3)cc2C1. The molecule has 0 N–H and O–H groups in total. The number of nitrogens with zero attached hydrogens (tertiary/aromatic N) is 2. The number of benzene rings is 1. The highest BCUT2D eigenvalue weighted by Gasteiger charge is 2.31. The number of rotatable bonds is 3. The number of sulfonamides is 1. The Kier molecular flexibility index (Phi) is 5.28. The fourth-order valence-electron chi connectivity index (χ4n) is 3.88. The summed E-state index contributed by atoms with van der Waals surface area (Å²) in [4.78, 5) is 16.6. The van der Waals surface area contributed by atoms with E-state index >= 15 is 0 Å². The summed E-state index contributed by atoms with van der Waals surface area (Å²) in [7, 11) is -3.75. The summed E-state index contributed by atoms with van der Waals surface area (Å²) >= 11 is 1.58. The Morgan fingerprint density at radius 2 is 1.93 bits per heavy atom. The average molecular weight is 423 g/mol. The van der Waals surface area contributed by atoms with Gasteiger partial charge in [0, 0.05) is 31.1 Å². The Balaban J connectivity index is 1.43. The molecule has 2 heterocycles. The van der Waals surface area contributed by atoms with E-state index in [2.05, 4.69) is 6.92 Å². The van der Waals surface area contributed by atoms with E-state index in [1.807, 2.05) is 6.07 Å². The Labute approximate surface area is 168 Å². The molecule has 8 heteroatoms. The molecule has 0 unspecified atom stereocenters. The molecule has 1 aliphatic carbocycles. The first-order chi connectivity index (χ1) is 13.3. The maximum Gasteiger partial charge on any atom is 0.264 e. The summed E-state index contributed by atoms with van der Waals surface area (Å²) in [6.07, 6.45) is 3.23. The van der Waals surface area contributed by atoms with Crippen LogP contribution in [0, 0.1) is 11.7 Å². The van der Waals surface area contributed by atoms with Crippen LogP contribution in [0.1, 0.15) is 33.5 Å². The number of amides is 1. The summed E-state index contributed by atoms with van der Waals surface area (Å²) in [5, 5.41) is 0. The van der Waals surface area contributed by atoms with Gasteiger partial charge >= 0.3 is 0 Å². The number of thiophene rings is 1. The lowest BCUT2D eigenvalue weighted by atomic mass is 9.90. The molecule has 1 amide bonds. The first kappa shape index (κ1) is 19.5. The number of carbonyl (C=O) groups excluding carboxylic acids is 1. The Morgan fingerprint density at radius 1 is 1.18 bits per heavy atom. The highest BCUT2D eigenvalue weighted by atomic mass is 32.2. The first-order valence-electron chi connectivity index (χ1n) is 9.51. The molecule has 1 aliphatic heterocycles. The van der Waals surface area contributed by atoms with Crippen molar-refractivity contribution in [3.8, 4) is 0 Å². The van der Waals surface area contributed by atoms with Gasteiger partial charge < -0.3 is 4.90 Å². The minimum atomic E-state index is -3.75. The van der Waals surface area contributed by atoms with Gasteiger partial charge in [-0.25, -0.2) is 12.8 Å². The zero-order chi connectivity index (χ0) is 19.9. The van der Waals surface area contributed by atoms with Crippen molar-refractivity contribution in [3.05, 3.63) is 51.5 Å². The monoisotopic (exact) mass is 422 g/mol. The zero-order valence-electron chi connectivity index (χ0n) is 15.7. The minimum absolute atomic E-state index is 0.0187. The standard InChI is InChI=1S/C20H23FN2O3S2/c1-14-5-6-18-15(11-14)12-19(27-18)20(24)22-7-9-23(10-8-22)28(25,26)17-4-2-3-16(21)13-17/h2-4,12-14H,5-11H2,1H3/t14-/m1/s1. The van der Waals surface area contributed by atoms with Crippen LogP contribution in [-0.2, 0) is 22.9 Å². The van der Waals surface area contributed by atoms with E-state index in [-0.39, 0.29) is 23.9 Å². The Bertz CT molecular complexity index is 995. The van der Waals surface area contributed by atoms with Gasteiger partial charge in [-0.2, -0.15) is 4.31 Å². The van der Waals surface area contributed by atoms with Crippen LogP contribution in [0.15, 0.2) is 35.2 Å². The van der Waals surface area contributed by atoms with Crippen LogP contribution in [0.5, 0.6) is 0 Å². The number of fused-ring (bicyclic) bond motifs is 1. The van der Waals surface area contributed by atoms with Gasteiger partial charge in [-0.1, -0.05) is 13.0 Å². The van der Waals surface area contributed by atoms with Gasteiger partial charge in [0.05, 0.1) is 9.77 Å². The van der Waals surface area contributed by atoms with Crippen molar-refractivity contribution in [2.75, 3.05) is 26.2 Å². The Morgan fingerprint density at radius 3 is 2.64 bits per heavy atom. The summed E-state index contributed by atoms with van der Waals surface area (Å²) in [6.45, 7) is 3.35. The molecule has 5 nitrogen and oxygen atoms in total. The van der Waals surface area contributed by atoms with Gasteiger partial charge in [0.1, 0.15) is 5.82 Å². The lowest BCUT2D eigenvalue weighted by Gasteiger charge is -2.33. The van der Waals surface area contributed by atoms with E-state index in [1.54, 1.807) is 16.2 Å². The van der Waals surface area contributed by atoms with Crippen LogP contribution in [-0.4, -0.2) is 49.7 Å². The van der Waals surface area contributed by atoms with Crippen LogP contribution in [0.4, 0.5) is 4.39 Å². The second-order valence-corrected chi connectivity index (χ2v) is 10.6. The molecular weight excluding hydrogens is 399 g/mol. The second kappa shape index (κ2) is 7.57. The largest absolute Gasteiger partial charge is 0.335 e. The van der Waals surface area contributed by atoms with Crippen LogP contribution < -0.4 is 0 Å². The van der Waals surface area contributed by atoms with Gasteiger partial charge in [-0.3, -0.25) is 4.79 Å².